The molecule has 0 aliphatic carbocycles. The maximum atomic E-state index is 13.4. The Morgan fingerprint density at radius 1 is 1.03 bits per heavy atom. The van der Waals surface area contributed by atoms with E-state index in [1.54, 1.807) is 13.0 Å². The zero-order valence-corrected chi connectivity index (χ0v) is 18.4. The third kappa shape index (κ3) is 4.36. The number of benzene rings is 2. The molecule has 10 nitrogen and oxygen atoms in total. The number of ether oxygens (including phenoxy) is 2. The summed E-state index contributed by atoms with van der Waals surface area (Å²) in [5.41, 5.74) is 0.720. The van der Waals surface area contributed by atoms with Crippen molar-refractivity contribution >= 4 is 22.6 Å². The molecular formula is C23H23N5O5. The molecule has 0 unspecified atom stereocenters. The molecule has 2 heterocycles. The maximum Gasteiger partial charge on any atom is 0.332 e. The monoisotopic (exact) mass is 449 g/mol. The van der Waals surface area contributed by atoms with Crippen molar-refractivity contribution in [2.24, 2.45) is 0 Å². The minimum Gasteiger partial charge on any atom is -0.493 e. The highest BCUT2D eigenvalue weighted by molar-refractivity contribution is 5.91. The number of carbonyl (C=O) groups excluding carboxylic acids is 1. The number of H-pyrrole nitrogens is 1. The van der Waals surface area contributed by atoms with E-state index in [0.29, 0.717) is 17.3 Å². The van der Waals surface area contributed by atoms with Gasteiger partial charge in [0.1, 0.15) is 6.54 Å². The van der Waals surface area contributed by atoms with Gasteiger partial charge >= 0.3 is 5.69 Å². The smallest absolute Gasteiger partial charge is 0.332 e. The molecule has 2 aromatic heterocycles. The van der Waals surface area contributed by atoms with Gasteiger partial charge in [0.05, 0.1) is 31.7 Å². The molecule has 170 valence electrons. The Bertz CT molecular complexity index is 1440. The van der Waals surface area contributed by atoms with E-state index in [9.17, 15) is 14.4 Å². The Balaban J connectivity index is 1.87. The van der Waals surface area contributed by atoms with Crippen molar-refractivity contribution in [3.63, 3.8) is 0 Å². The van der Waals surface area contributed by atoms with E-state index in [2.05, 4.69) is 15.5 Å². The number of methoxy groups -OCH3 is 2. The lowest BCUT2D eigenvalue weighted by molar-refractivity contribution is -0.116. The van der Waals surface area contributed by atoms with Gasteiger partial charge in [-0.1, -0.05) is 30.3 Å². The molecule has 4 aromatic rings. The van der Waals surface area contributed by atoms with Gasteiger partial charge < -0.3 is 14.8 Å². The second-order valence-electron chi connectivity index (χ2n) is 7.45. The Hall–Kier alpha value is -4.34. The number of carbonyl (C=O) groups is 1. The van der Waals surface area contributed by atoms with E-state index < -0.39 is 17.2 Å². The molecule has 2 N–H and O–H groups in total. The predicted molar refractivity (Wildman–Crippen MR) is 123 cm³/mol. The van der Waals surface area contributed by atoms with Crippen LogP contribution in [0.25, 0.3) is 10.9 Å². The molecule has 0 aliphatic rings. The molecule has 0 saturated carbocycles. The fourth-order valence-corrected chi connectivity index (χ4v) is 3.61. The van der Waals surface area contributed by atoms with Gasteiger partial charge in [-0.25, -0.2) is 4.79 Å². The lowest BCUT2D eigenvalue weighted by atomic mass is 10.2. The summed E-state index contributed by atoms with van der Waals surface area (Å²) in [6.45, 7) is 1.54. The summed E-state index contributed by atoms with van der Waals surface area (Å²) in [6, 6.07) is 13.9. The number of rotatable bonds is 7. The summed E-state index contributed by atoms with van der Waals surface area (Å²) in [7, 11) is 2.91. The van der Waals surface area contributed by atoms with E-state index in [4.69, 9.17) is 9.47 Å². The summed E-state index contributed by atoms with van der Waals surface area (Å²) in [4.78, 5) is 39.4. The molecule has 0 saturated heterocycles. The highest BCUT2D eigenvalue weighted by atomic mass is 16.5. The van der Waals surface area contributed by atoms with Crippen molar-refractivity contribution in [1.82, 2.24) is 19.3 Å². The van der Waals surface area contributed by atoms with Crippen LogP contribution in [0.5, 0.6) is 11.5 Å². The van der Waals surface area contributed by atoms with Crippen molar-refractivity contribution in [3.05, 3.63) is 80.6 Å². The topological polar surface area (TPSA) is 120 Å². The van der Waals surface area contributed by atoms with Gasteiger partial charge in [0.15, 0.2) is 17.3 Å². The van der Waals surface area contributed by atoms with Crippen LogP contribution in [-0.2, 0) is 17.9 Å². The molecule has 1 amide bonds. The van der Waals surface area contributed by atoms with Crippen LogP contribution in [0.1, 0.15) is 11.3 Å². The third-order valence-corrected chi connectivity index (χ3v) is 5.19. The summed E-state index contributed by atoms with van der Waals surface area (Å²) in [5.74, 6) is 0.549. The molecule has 0 atom stereocenters. The molecule has 0 fully saturated rings. The van der Waals surface area contributed by atoms with Crippen LogP contribution in [0.2, 0.25) is 0 Å². The minimum atomic E-state index is -0.614. The average Bonchev–Trinajstić information content (AvgIpc) is 3.23. The van der Waals surface area contributed by atoms with Crippen LogP contribution >= 0.6 is 0 Å². The molecule has 0 bridgehead atoms. The van der Waals surface area contributed by atoms with Crippen molar-refractivity contribution in [2.75, 3.05) is 19.5 Å². The second kappa shape index (κ2) is 9.03. The molecule has 10 heteroatoms. The van der Waals surface area contributed by atoms with Crippen LogP contribution in [0, 0.1) is 6.92 Å². The molecule has 0 aliphatic heterocycles. The van der Waals surface area contributed by atoms with Crippen LogP contribution in [0.15, 0.2) is 58.1 Å². The van der Waals surface area contributed by atoms with E-state index in [-0.39, 0.29) is 24.0 Å². The Morgan fingerprint density at radius 3 is 2.36 bits per heavy atom. The summed E-state index contributed by atoms with van der Waals surface area (Å²) < 4.78 is 13.0. The zero-order valence-electron chi connectivity index (χ0n) is 18.4. The lowest BCUT2D eigenvalue weighted by Gasteiger charge is -2.16. The largest absolute Gasteiger partial charge is 0.493 e. The number of hydrogen-bond donors (Lipinski definition) is 2. The van der Waals surface area contributed by atoms with Crippen molar-refractivity contribution in [2.45, 2.75) is 20.0 Å². The van der Waals surface area contributed by atoms with Gasteiger partial charge in [-0.3, -0.25) is 23.8 Å². The second-order valence-corrected chi connectivity index (χ2v) is 7.45. The van der Waals surface area contributed by atoms with Gasteiger partial charge in [-0.15, -0.1) is 0 Å². The van der Waals surface area contributed by atoms with Crippen LogP contribution < -0.4 is 26.0 Å². The van der Waals surface area contributed by atoms with Gasteiger partial charge in [-0.2, -0.15) is 5.10 Å². The molecule has 0 spiro atoms. The maximum absolute atomic E-state index is 13.4. The summed E-state index contributed by atoms with van der Waals surface area (Å²) in [5, 5.41) is 9.61. The number of fused-ring (bicyclic) bond motifs is 1. The standard InChI is InChI=1S/C23H23N5O5/c1-14-9-20(26-25-14)24-21(29)13-27-17-11-19(33-3)18(32-2)10-16(17)22(30)28(23(27)31)12-15-7-5-4-6-8-15/h4-11H,12-13H2,1-3H3,(H2,24,25,26,29). The first kappa shape index (κ1) is 21.9. The van der Waals surface area contributed by atoms with E-state index >= 15 is 0 Å². The lowest BCUT2D eigenvalue weighted by Crippen LogP contribution is -2.42. The Morgan fingerprint density at radius 2 is 1.73 bits per heavy atom. The number of hydrogen-bond acceptors (Lipinski definition) is 6. The summed E-state index contributed by atoms with van der Waals surface area (Å²) in [6.07, 6.45) is 0. The Labute approximate surface area is 188 Å². The highest BCUT2D eigenvalue weighted by Gasteiger charge is 2.19. The van der Waals surface area contributed by atoms with E-state index in [1.165, 1.54) is 30.9 Å². The first-order valence-electron chi connectivity index (χ1n) is 10.2. The molecule has 2 aromatic carbocycles. The van der Waals surface area contributed by atoms with Gasteiger partial charge in [0.2, 0.25) is 5.91 Å². The van der Waals surface area contributed by atoms with Crippen LogP contribution in [0.3, 0.4) is 0 Å². The van der Waals surface area contributed by atoms with Crippen LogP contribution in [-0.4, -0.2) is 39.5 Å². The van der Waals surface area contributed by atoms with Gasteiger partial charge in [-0.05, 0) is 18.6 Å². The van der Waals surface area contributed by atoms with E-state index in [0.717, 1.165) is 15.8 Å². The fourth-order valence-electron chi connectivity index (χ4n) is 3.61. The van der Waals surface area contributed by atoms with Gasteiger partial charge in [0.25, 0.3) is 5.56 Å². The number of anilines is 1. The summed E-state index contributed by atoms with van der Waals surface area (Å²) >= 11 is 0. The first-order valence-corrected chi connectivity index (χ1v) is 10.2. The van der Waals surface area contributed by atoms with Crippen molar-refractivity contribution < 1.29 is 14.3 Å². The number of aromatic amines is 1. The quantitative estimate of drug-likeness (QED) is 0.445. The highest BCUT2D eigenvalue weighted by Crippen LogP contribution is 2.30. The SMILES string of the molecule is COc1cc2c(=O)n(Cc3ccccc3)c(=O)n(CC(=O)Nc3cc(C)[nH]n3)c2cc1OC. The van der Waals surface area contributed by atoms with Crippen molar-refractivity contribution in [3.8, 4) is 11.5 Å². The van der Waals surface area contributed by atoms with Crippen LogP contribution in [0.4, 0.5) is 5.82 Å². The fraction of sp³-hybridized carbons (Fsp3) is 0.217. The van der Waals surface area contributed by atoms with Gasteiger partial charge in [0, 0.05) is 17.8 Å². The predicted octanol–water partition coefficient (Wildman–Crippen LogP) is 1.90. The third-order valence-electron chi connectivity index (χ3n) is 5.19. The minimum absolute atomic E-state index is 0.0585. The molecule has 0 radical (unpaired) electrons. The first-order chi connectivity index (χ1) is 15.9. The van der Waals surface area contributed by atoms with E-state index in [1.807, 2.05) is 30.3 Å². The Kier molecular flexibility index (Phi) is 5.99. The molecule has 33 heavy (non-hydrogen) atoms. The zero-order chi connectivity index (χ0) is 23.5. The molecule has 4 rings (SSSR count). The number of nitrogens with zero attached hydrogens (tertiary/aromatic N) is 3. The number of amides is 1. The average molecular weight is 449 g/mol. The van der Waals surface area contributed by atoms with Crippen molar-refractivity contribution in [1.29, 1.82) is 0 Å². The molecular weight excluding hydrogens is 426 g/mol. The normalized spacial score (nSPS) is 10.9. The number of aromatic nitrogens is 4. The number of aryl methyl sites for hydroxylation is 1. The number of nitrogens with one attached hydrogen (secondary N) is 2.